The van der Waals surface area contributed by atoms with Gasteiger partial charge in [-0.15, -0.1) is 0 Å². The number of hydrogen-bond donors (Lipinski definition) is 0. The molecule has 0 unspecified atom stereocenters. The van der Waals surface area contributed by atoms with E-state index in [9.17, 15) is 52.7 Å². The van der Waals surface area contributed by atoms with E-state index in [0.29, 0.717) is 0 Å². The standard InChI is InChI=1S/C24H24F12NO4P/c1-15(2)37(16(3)4)42(38-17-11-7-5-8-12-17,39-18-13-9-6-10-14-18)40-19(21(25,26)27,22(28,29)30)20(41-42,23(31,32)33)24(34,35)36/h5-16H,1-4H3. The predicted octanol–water partition coefficient (Wildman–Crippen LogP) is 9.17. The van der Waals surface area contributed by atoms with Gasteiger partial charge in [-0.25, -0.2) is 0 Å². The van der Waals surface area contributed by atoms with Crippen LogP contribution in [0.2, 0.25) is 0 Å². The van der Waals surface area contributed by atoms with Gasteiger partial charge in [0, 0.05) is 0 Å². The van der Waals surface area contributed by atoms with Crippen LogP contribution in [-0.4, -0.2) is 52.7 Å². The van der Waals surface area contributed by atoms with Gasteiger partial charge < -0.3 is 0 Å². The molecular formula is C24H24F12NO4P. The first-order chi connectivity index (χ1) is 18.9. The van der Waals surface area contributed by atoms with Crippen molar-refractivity contribution in [1.82, 2.24) is 4.67 Å². The monoisotopic (exact) mass is 649 g/mol. The Bertz CT molecular complexity index is 1110. The molecule has 2 aromatic carbocycles. The van der Waals surface area contributed by atoms with Crippen LogP contribution in [0.5, 0.6) is 11.5 Å². The second-order valence-electron chi connectivity index (χ2n) is 9.69. The maximum absolute atomic E-state index is 14.7. The van der Waals surface area contributed by atoms with Gasteiger partial charge in [-0.3, -0.25) is 0 Å². The number of alkyl halides is 12. The van der Waals surface area contributed by atoms with Gasteiger partial charge >= 0.3 is 231 Å². The molecule has 0 spiro atoms. The van der Waals surface area contributed by atoms with Crippen molar-refractivity contribution in [3.63, 3.8) is 0 Å². The van der Waals surface area contributed by atoms with Gasteiger partial charge in [0.05, 0.1) is 0 Å². The summed E-state index contributed by atoms with van der Waals surface area (Å²) in [7, 11) is -7.72. The molecule has 5 nitrogen and oxygen atoms in total. The van der Waals surface area contributed by atoms with Crippen LogP contribution in [-0.2, 0) is 9.05 Å². The Labute approximate surface area is 231 Å². The Balaban J connectivity index is 2.73. The minimum atomic E-state index is -7.72. The summed E-state index contributed by atoms with van der Waals surface area (Å²) in [4.78, 5) is 0. The van der Waals surface area contributed by atoms with E-state index in [1.807, 2.05) is 0 Å². The Morgan fingerprint density at radius 3 is 1.02 bits per heavy atom. The first-order valence-electron chi connectivity index (χ1n) is 11.9. The van der Waals surface area contributed by atoms with E-state index in [4.69, 9.17) is 9.05 Å². The zero-order valence-electron chi connectivity index (χ0n) is 22.0. The van der Waals surface area contributed by atoms with Gasteiger partial charge in [0.25, 0.3) is 0 Å². The fourth-order valence-corrected chi connectivity index (χ4v) is 9.52. The van der Waals surface area contributed by atoms with Crippen LogP contribution in [0.1, 0.15) is 27.7 Å². The van der Waals surface area contributed by atoms with Crippen molar-refractivity contribution in [2.45, 2.75) is 75.7 Å². The van der Waals surface area contributed by atoms with E-state index in [1.54, 1.807) is 0 Å². The van der Waals surface area contributed by atoms with E-state index in [2.05, 4.69) is 9.05 Å². The van der Waals surface area contributed by atoms with Gasteiger partial charge in [0.1, 0.15) is 0 Å². The number of para-hydroxylation sites is 2. The summed E-state index contributed by atoms with van der Waals surface area (Å²) in [6.07, 6.45) is -29.9. The van der Waals surface area contributed by atoms with Gasteiger partial charge in [-0.1, -0.05) is 0 Å². The van der Waals surface area contributed by atoms with Crippen molar-refractivity contribution in [3.8, 4) is 11.5 Å². The molecule has 1 heterocycles. The van der Waals surface area contributed by atoms with Crippen LogP contribution in [0.4, 0.5) is 52.7 Å². The van der Waals surface area contributed by atoms with Gasteiger partial charge in [0.15, 0.2) is 0 Å². The Morgan fingerprint density at radius 1 is 0.548 bits per heavy atom. The third kappa shape index (κ3) is 4.95. The summed E-state index contributed by atoms with van der Waals surface area (Å²) in [5, 5.41) is 0. The maximum atomic E-state index is 14.7. The van der Waals surface area contributed by atoms with E-state index >= 15 is 0 Å². The van der Waals surface area contributed by atoms with Crippen molar-refractivity contribution in [3.05, 3.63) is 60.7 Å². The molecule has 18 heteroatoms. The molecule has 1 aliphatic rings. The normalized spacial score (nSPS) is 21.3. The molecule has 3 rings (SSSR count). The number of benzene rings is 2. The number of hydrogen-bond acceptors (Lipinski definition) is 5. The fourth-order valence-electron chi connectivity index (χ4n) is 4.88. The third-order valence-electron chi connectivity index (χ3n) is 6.11. The Morgan fingerprint density at radius 2 is 0.810 bits per heavy atom. The molecule has 0 radical (unpaired) electrons. The first kappa shape index (κ1) is 34.0. The molecular weight excluding hydrogens is 625 g/mol. The molecule has 42 heavy (non-hydrogen) atoms. The summed E-state index contributed by atoms with van der Waals surface area (Å²) in [6.45, 7) is 4.20. The summed E-state index contributed by atoms with van der Waals surface area (Å²) in [5.74, 6) is -1.65. The van der Waals surface area contributed by atoms with E-state index in [1.165, 1.54) is 12.1 Å². The summed E-state index contributed by atoms with van der Waals surface area (Å²) in [5.41, 5.74) is -14.3. The third-order valence-corrected chi connectivity index (χ3v) is 9.98. The predicted molar refractivity (Wildman–Crippen MR) is 125 cm³/mol. The molecule has 0 aliphatic carbocycles. The van der Waals surface area contributed by atoms with E-state index < -0.39 is 67.2 Å². The Hall–Kier alpha value is -2.49. The quantitative estimate of drug-likeness (QED) is 0.221. The van der Waals surface area contributed by atoms with Crippen LogP contribution in [0, 0.1) is 0 Å². The van der Waals surface area contributed by atoms with Crippen molar-refractivity contribution in [1.29, 1.82) is 0 Å². The molecule has 0 aromatic heterocycles. The van der Waals surface area contributed by atoms with Crippen LogP contribution in [0.15, 0.2) is 60.7 Å². The molecule has 0 atom stereocenters. The molecule has 0 amide bonds. The molecule has 0 saturated carbocycles. The molecule has 1 aliphatic heterocycles. The SMILES string of the molecule is CC(C)N(C(C)C)P1(Oc2ccccc2)(Oc2ccccc2)OC(C(F)(F)F)(C(F)(F)F)C(C(F)(F)F)(C(F)(F)F)O1. The molecule has 1 fully saturated rings. The summed E-state index contributed by atoms with van der Waals surface area (Å²) >= 11 is 0. The van der Waals surface area contributed by atoms with Crippen molar-refractivity contribution in [2.75, 3.05) is 0 Å². The second-order valence-corrected chi connectivity index (χ2v) is 12.4. The van der Waals surface area contributed by atoms with Gasteiger partial charge in [-0.2, -0.15) is 0 Å². The van der Waals surface area contributed by atoms with Crippen LogP contribution in [0.3, 0.4) is 0 Å². The Kier molecular flexibility index (Phi) is 8.34. The summed E-state index contributed by atoms with van der Waals surface area (Å²) < 4.78 is 196. The van der Waals surface area contributed by atoms with Crippen molar-refractivity contribution in [2.24, 2.45) is 0 Å². The zero-order valence-corrected chi connectivity index (χ0v) is 22.9. The molecule has 0 bridgehead atoms. The van der Waals surface area contributed by atoms with Gasteiger partial charge in [0.2, 0.25) is 0 Å². The molecule has 238 valence electrons. The van der Waals surface area contributed by atoms with Crippen LogP contribution < -0.4 is 9.05 Å². The number of nitrogens with zero attached hydrogens (tertiary/aromatic N) is 1. The number of rotatable bonds is 7. The fraction of sp³-hybridized carbons (Fsp3) is 0.500. The van der Waals surface area contributed by atoms with Crippen LogP contribution in [0.25, 0.3) is 0 Å². The summed E-state index contributed by atoms with van der Waals surface area (Å²) in [6, 6.07) is 7.29. The van der Waals surface area contributed by atoms with Crippen molar-refractivity contribution < 1.29 is 70.8 Å². The number of halogens is 12. The molecule has 2 aromatic rings. The first-order valence-corrected chi connectivity index (χ1v) is 13.8. The minimum absolute atomic E-state index is 0.261. The van der Waals surface area contributed by atoms with E-state index in [0.717, 1.165) is 76.2 Å². The van der Waals surface area contributed by atoms with Crippen LogP contribution >= 0.6 is 7.66 Å². The second kappa shape index (κ2) is 10.3. The van der Waals surface area contributed by atoms with Gasteiger partial charge in [-0.05, 0) is 0 Å². The van der Waals surface area contributed by atoms with E-state index in [-0.39, 0.29) is 4.67 Å². The average Bonchev–Trinajstić information content (AvgIpc) is 3.10. The van der Waals surface area contributed by atoms with Crippen molar-refractivity contribution >= 4 is 7.66 Å². The zero-order chi connectivity index (χ0) is 32.2. The molecule has 0 N–H and O–H groups in total. The average molecular weight is 649 g/mol. The molecule has 1 saturated heterocycles. The topological polar surface area (TPSA) is 40.2 Å².